The van der Waals surface area contributed by atoms with Gasteiger partial charge in [-0.2, -0.15) is 0 Å². The van der Waals surface area contributed by atoms with Crippen molar-refractivity contribution in [3.63, 3.8) is 0 Å². The molecule has 1 saturated carbocycles. The Hall–Kier alpha value is -0.570. The van der Waals surface area contributed by atoms with Crippen LogP contribution in [0.25, 0.3) is 0 Å². The van der Waals surface area contributed by atoms with Crippen LogP contribution in [0.15, 0.2) is 0 Å². The van der Waals surface area contributed by atoms with Gasteiger partial charge in [0.25, 0.3) is 0 Å². The van der Waals surface area contributed by atoms with E-state index in [0.29, 0.717) is 18.5 Å². The van der Waals surface area contributed by atoms with Crippen molar-refractivity contribution in [3.8, 4) is 0 Å². The topological polar surface area (TPSA) is 55.1 Å². The second-order valence-corrected chi connectivity index (χ2v) is 3.93. The van der Waals surface area contributed by atoms with Crippen LogP contribution in [0.3, 0.4) is 0 Å². The lowest BCUT2D eigenvalue weighted by atomic mass is 9.92. The van der Waals surface area contributed by atoms with Crippen LogP contribution >= 0.6 is 0 Å². The maximum absolute atomic E-state index is 11.3. The Bertz CT molecular complexity index is 162. The molecule has 1 fully saturated rings. The summed E-state index contributed by atoms with van der Waals surface area (Å²) in [5, 5.41) is 3.05. The molecule has 3 heteroatoms. The fourth-order valence-corrected chi connectivity index (χ4v) is 1.79. The van der Waals surface area contributed by atoms with Crippen molar-refractivity contribution < 1.29 is 4.79 Å². The minimum absolute atomic E-state index is 0.197. The predicted octanol–water partition coefficient (Wildman–Crippen LogP) is 1.17. The fourth-order valence-electron chi connectivity index (χ4n) is 1.79. The van der Waals surface area contributed by atoms with Crippen LogP contribution in [-0.2, 0) is 4.79 Å². The fraction of sp³-hybridized carbons (Fsp3) is 0.900. The van der Waals surface area contributed by atoms with Crippen molar-refractivity contribution in [1.82, 2.24) is 5.32 Å². The standard InChI is InChI=1S/C10H20N2O/c1-2-3-10(13)12-9-6-4-8(11)5-7-9/h8-9H,2-7,11H2,1H3,(H,12,13). The third kappa shape index (κ3) is 3.77. The molecule has 0 radical (unpaired) electrons. The molecular formula is C10H20N2O. The van der Waals surface area contributed by atoms with Gasteiger partial charge in [0.15, 0.2) is 0 Å². The minimum atomic E-state index is 0.197. The zero-order valence-electron chi connectivity index (χ0n) is 8.38. The Balaban J connectivity index is 2.18. The Kier molecular flexibility index (Phi) is 4.22. The summed E-state index contributed by atoms with van der Waals surface area (Å²) in [6.07, 6.45) is 5.79. The van der Waals surface area contributed by atoms with Gasteiger partial charge in [0, 0.05) is 18.5 Å². The van der Waals surface area contributed by atoms with E-state index in [1.54, 1.807) is 0 Å². The van der Waals surface area contributed by atoms with Crippen molar-refractivity contribution in [1.29, 1.82) is 0 Å². The van der Waals surface area contributed by atoms with E-state index in [2.05, 4.69) is 5.32 Å². The first-order chi connectivity index (χ1) is 6.22. The maximum Gasteiger partial charge on any atom is 0.220 e. The van der Waals surface area contributed by atoms with E-state index in [0.717, 1.165) is 32.1 Å². The highest BCUT2D eigenvalue weighted by molar-refractivity contribution is 5.76. The van der Waals surface area contributed by atoms with Gasteiger partial charge in [0.1, 0.15) is 0 Å². The third-order valence-corrected chi connectivity index (χ3v) is 2.61. The smallest absolute Gasteiger partial charge is 0.220 e. The maximum atomic E-state index is 11.3. The van der Waals surface area contributed by atoms with Crippen LogP contribution < -0.4 is 11.1 Å². The van der Waals surface area contributed by atoms with Crippen molar-refractivity contribution in [3.05, 3.63) is 0 Å². The molecular weight excluding hydrogens is 164 g/mol. The average Bonchev–Trinajstić information content (AvgIpc) is 2.09. The Labute approximate surface area is 80.1 Å². The third-order valence-electron chi connectivity index (χ3n) is 2.61. The number of amides is 1. The van der Waals surface area contributed by atoms with Crippen molar-refractivity contribution >= 4 is 5.91 Å². The van der Waals surface area contributed by atoms with E-state index in [1.807, 2.05) is 6.92 Å². The van der Waals surface area contributed by atoms with Gasteiger partial charge in [-0.3, -0.25) is 4.79 Å². The number of nitrogens with two attached hydrogens (primary N) is 1. The molecule has 0 aromatic heterocycles. The van der Waals surface area contributed by atoms with Crippen molar-refractivity contribution in [2.24, 2.45) is 5.73 Å². The van der Waals surface area contributed by atoms with Crippen LogP contribution in [0, 0.1) is 0 Å². The molecule has 0 aromatic carbocycles. The SMILES string of the molecule is CCCC(=O)NC1CCC(N)CC1. The number of rotatable bonds is 3. The van der Waals surface area contributed by atoms with Crippen LogP contribution in [0.4, 0.5) is 0 Å². The number of carbonyl (C=O) groups is 1. The van der Waals surface area contributed by atoms with E-state index in [1.165, 1.54) is 0 Å². The van der Waals surface area contributed by atoms with Gasteiger partial charge in [-0.05, 0) is 32.1 Å². The first kappa shape index (κ1) is 10.5. The second kappa shape index (κ2) is 5.22. The number of nitrogens with one attached hydrogen (secondary N) is 1. The summed E-state index contributed by atoms with van der Waals surface area (Å²) >= 11 is 0. The largest absolute Gasteiger partial charge is 0.353 e. The predicted molar refractivity (Wildman–Crippen MR) is 53.3 cm³/mol. The minimum Gasteiger partial charge on any atom is -0.353 e. The summed E-state index contributed by atoms with van der Waals surface area (Å²) in [4.78, 5) is 11.3. The molecule has 3 N–H and O–H groups in total. The highest BCUT2D eigenvalue weighted by Crippen LogP contribution is 2.16. The number of hydrogen-bond donors (Lipinski definition) is 2. The van der Waals surface area contributed by atoms with Gasteiger partial charge >= 0.3 is 0 Å². The molecule has 1 amide bonds. The van der Waals surface area contributed by atoms with Gasteiger partial charge in [-0.25, -0.2) is 0 Å². The molecule has 0 saturated heterocycles. The molecule has 0 spiro atoms. The van der Waals surface area contributed by atoms with Crippen molar-refractivity contribution in [2.75, 3.05) is 0 Å². The van der Waals surface area contributed by atoms with E-state index in [4.69, 9.17) is 5.73 Å². The zero-order chi connectivity index (χ0) is 9.68. The number of hydrogen-bond acceptors (Lipinski definition) is 2. The van der Waals surface area contributed by atoms with E-state index < -0.39 is 0 Å². The molecule has 1 aliphatic carbocycles. The molecule has 3 nitrogen and oxygen atoms in total. The quantitative estimate of drug-likeness (QED) is 0.692. The van der Waals surface area contributed by atoms with Gasteiger partial charge < -0.3 is 11.1 Å². The molecule has 0 aliphatic heterocycles. The second-order valence-electron chi connectivity index (χ2n) is 3.93. The molecule has 13 heavy (non-hydrogen) atoms. The van der Waals surface area contributed by atoms with Gasteiger partial charge in [-0.1, -0.05) is 6.92 Å². The highest BCUT2D eigenvalue weighted by atomic mass is 16.1. The lowest BCUT2D eigenvalue weighted by Gasteiger charge is -2.26. The van der Waals surface area contributed by atoms with Gasteiger partial charge in [0.2, 0.25) is 5.91 Å². The van der Waals surface area contributed by atoms with Crippen molar-refractivity contribution in [2.45, 2.75) is 57.5 Å². The van der Waals surface area contributed by atoms with E-state index in [9.17, 15) is 4.79 Å². The first-order valence-electron chi connectivity index (χ1n) is 5.27. The van der Waals surface area contributed by atoms with Crippen LogP contribution in [0.5, 0.6) is 0 Å². The highest BCUT2D eigenvalue weighted by Gasteiger charge is 2.19. The van der Waals surface area contributed by atoms with Gasteiger partial charge in [0.05, 0.1) is 0 Å². The summed E-state index contributed by atoms with van der Waals surface area (Å²) in [5.41, 5.74) is 5.77. The molecule has 0 aromatic rings. The molecule has 1 aliphatic rings. The number of carbonyl (C=O) groups excluding carboxylic acids is 1. The molecule has 0 unspecified atom stereocenters. The lowest BCUT2D eigenvalue weighted by Crippen LogP contribution is -2.40. The van der Waals surface area contributed by atoms with Gasteiger partial charge in [-0.15, -0.1) is 0 Å². The molecule has 0 bridgehead atoms. The Morgan fingerprint density at radius 1 is 1.38 bits per heavy atom. The monoisotopic (exact) mass is 184 g/mol. The van der Waals surface area contributed by atoms with Crippen LogP contribution in [-0.4, -0.2) is 18.0 Å². The molecule has 0 atom stereocenters. The Morgan fingerprint density at radius 2 is 2.00 bits per heavy atom. The summed E-state index contributed by atoms with van der Waals surface area (Å²) < 4.78 is 0. The molecule has 76 valence electrons. The average molecular weight is 184 g/mol. The summed E-state index contributed by atoms with van der Waals surface area (Å²) in [5.74, 6) is 0.197. The van der Waals surface area contributed by atoms with Crippen LogP contribution in [0.2, 0.25) is 0 Å². The molecule has 1 rings (SSSR count). The summed E-state index contributed by atoms with van der Waals surface area (Å²) in [7, 11) is 0. The van der Waals surface area contributed by atoms with E-state index >= 15 is 0 Å². The summed E-state index contributed by atoms with van der Waals surface area (Å²) in [6, 6.07) is 0.748. The van der Waals surface area contributed by atoms with E-state index in [-0.39, 0.29) is 5.91 Å². The first-order valence-corrected chi connectivity index (χ1v) is 5.27. The van der Waals surface area contributed by atoms with Crippen LogP contribution in [0.1, 0.15) is 45.4 Å². The lowest BCUT2D eigenvalue weighted by molar-refractivity contribution is -0.122. The Morgan fingerprint density at radius 3 is 2.54 bits per heavy atom. The molecule has 0 heterocycles. The zero-order valence-corrected chi connectivity index (χ0v) is 8.38. The normalized spacial score (nSPS) is 28.5. The summed E-state index contributed by atoms with van der Waals surface area (Å²) in [6.45, 7) is 2.02.